The van der Waals surface area contributed by atoms with E-state index in [9.17, 15) is 4.79 Å². The highest BCUT2D eigenvalue weighted by Gasteiger charge is 2.14. The molecule has 1 N–H and O–H groups in total. The molecule has 0 aliphatic carbocycles. The summed E-state index contributed by atoms with van der Waals surface area (Å²) in [6, 6.07) is 9.95. The van der Waals surface area contributed by atoms with E-state index in [1.807, 2.05) is 48.0 Å². The zero-order valence-corrected chi connectivity index (χ0v) is 18.6. The van der Waals surface area contributed by atoms with E-state index >= 15 is 0 Å². The van der Waals surface area contributed by atoms with Gasteiger partial charge in [0.05, 0.1) is 28.0 Å². The number of thioether (sulfide) groups is 1. The fraction of sp³-hybridized carbons (Fsp3) is 0.150. The van der Waals surface area contributed by atoms with Crippen molar-refractivity contribution in [1.82, 2.24) is 15.0 Å². The molecule has 0 radical (unpaired) electrons. The van der Waals surface area contributed by atoms with Crippen LogP contribution in [-0.4, -0.2) is 21.6 Å². The fourth-order valence-electron chi connectivity index (χ4n) is 3.01. The summed E-state index contributed by atoms with van der Waals surface area (Å²) in [4.78, 5) is 26.9. The van der Waals surface area contributed by atoms with E-state index in [1.54, 1.807) is 34.4 Å². The van der Waals surface area contributed by atoms with Crippen molar-refractivity contribution in [2.75, 3.05) is 6.61 Å². The van der Waals surface area contributed by atoms with Crippen LogP contribution < -0.4 is 10.3 Å². The number of nitrogens with zero attached hydrogens (tertiary/aromatic N) is 2. The quantitative estimate of drug-likeness (QED) is 0.316. The Morgan fingerprint density at radius 2 is 2.14 bits per heavy atom. The molecule has 5 rings (SSSR count). The van der Waals surface area contributed by atoms with Gasteiger partial charge in [0.2, 0.25) is 0 Å². The van der Waals surface area contributed by atoms with Crippen LogP contribution in [-0.2, 0) is 5.75 Å². The number of ether oxygens (including phenoxy) is 1. The first kappa shape index (κ1) is 18.8. The summed E-state index contributed by atoms with van der Waals surface area (Å²) in [5, 5.41) is 4.70. The molecule has 4 heterocycles. The lowest BCUT2D eigenvalue weighted by molar-refractivity contribution is 0.341. The molecule has 0 atom stereocenters. The third-order valence-corrected chi connectivity index (χ3v) is 8.21. The molecule has 5 aromatic rings. The summed E-state index contributed by atoms with van der Waals surface area (Å²) < 4.78 is 7.60. The summed E-state index contributed by atoms with van der Waals surface area (Å²) in [7, 11) is 0. The zero-order valence-electron chi connectivity index (χ0n) is 15.3. The molecule has 0 saturated heterocycles. The van der Waals surface area contributed by atoms with Crippen LogP contribution in [0.2, 0.25) is 0 Å². The molecule has 0 fully saturated rings. The molecule has 9 heteroatoms. The van der Waals surface area contributed by atoms with Crippen LogP contribution >= 0.6 is 45.8 Å². The van der Waals surface area contributed by atoms with E-state index in [-0.39, 0.29) is 5.56 Å². The summed E-state index contributed by atoms with van der Waals surface area (Å²) in [5.41, 5.74) is 1.84. The Hall–Kier alpha value is -2.20. The second-order valence-corrected chi connectivity index (χ2v) is 10.2. The van der Waals surface area contributed by atoms with Crippen LogP contribution in [0.3, 0.4) is 0 Å². The third-order valence-electron chi connectivity index (χ3n) is 4.26. The largest absolute Gasteiger partial charge is 0.494 e. The maximum Gasteiger partial charge on any atom is 0.260 e. The van der Waals surface area contributed by atoms with Crippen molar-refractivity contribution in [3.05, 3.63) is 57.3 Å². The van der Waals surface area contributed by atoms with Gasteiger partial charge in [0.1, 0.15) is 16.4 Å². The van der Waals surface area contributed by atoms with E-state index in [0.717, 1.165) is 35.6 Å². The predicted octanol–water partition coefficient (Wildman–Crippen LogP) is 6.01. The van der Waals surface area contributed by atoms with Crippen molar-refractivity contribution in [1.29, 1.82) is 0 Å². The summed E-state index contributed by atoms with van der Waals surface area (Å²) in [6.45, 7) is 2.62. The molecule has 0 amide bonds. The molecule has 0 bridgehead atoms. The lowest BCUT2D eigenvalue weighted by Crippen LogP contribution is -2.10. The Morgan fingerprint density at radius 1 is 1.21 bits per heavy atom. The lowest BCUT2D eigenvalue weighted by atomic mass is 10.2. The number of thiazole rings is 1. The first-order valence-corrected chi connectivity index (χ1v) is 12.5. The van der Waals surface area contributed by atoms with Crippen molar-refractivity contribution in [2.24, 2.45) is 0 Å². The van der Waals surface area contributed by atoms with Crippen LogP contribution in [0, 0.1) is 0 Å². The van der Waals surface area contributed by atoms with Crippen LogP contribution in [0.5, 0.6) is 5.75 Å². The second kappa shape index (κ2) is 7.91. The van der Waals surface area contributed by atoms with Gasteiger partial charge in [-0.3, -0.25) is 4.79 Å². The van der Waals surface area contributed by atoms with Gasteiger partial charge in [-0.15, -0.1) is 34.0 Å². The van der Waals surface area contributed by atoms with E-state index in [1.165, 1.54) is 11.3 Å². The molecule has 0 spiro atoms. The van der Waals surface area contributed by atoms with Gasteiger partial charge in [-0.05, 0) is 36.6 Å². The fourth-order valence-corrected chi connectivity index (χ4v) is 6.76. The topological polar surface area (TPSA) is 67.9 Å². The highest BCUT2D eigenvalue weighted by atomic mass is 32.2. The van der Waals surface area contributed by atoms with Gasteiger partial charge >= 0.3 is 0 Å². The minimum Gasteiger partial charge on any atom is -0.494 e. The summed E-state index contributed by atoms with van der Waals surface area (Å²) in [6.07, 6.45) is 0. The van der Waals surface area contributed by atoms with Gasteiger partial charge in [0.15, 0.2) is 4.34 Å². The van der Waals surface area contributed by atoms with E-state index in [4.69, 9.17) is 4.74 Å². The average Bonchev–Trinajstić information content (AvgIpc) is 3.45. The van der Waals surface area contributed by atoms with Crippen LogP contribution in [0.15, 0.2) is 50.2 Å². The molecule has 0 unspecified atom stereocenters. The van der Waals surface area contributed by atoms with Crippen LogP contribution in [0.4, 0.5) is 0 Å². The maximum absolute atomic E-state index is 12.7. The minimum atomic E-state index is -0.0825. The highest BCUT2D eigenvalue weighted by molar-refractivity contribution is 8.00. The number of thiophene rings is 2. The summed E-state index contributed by atoms with van der Waals surface area (Å²) in [5.74, 6) is 2.09. The van der Waals surface area contributed by atoms with Crippen molar-refractivity contribution < 1.29 is 4.74 Å². The number of nitrogens with one attached hydrogen (secondary N) is 1. The van der Waals surface area contributed by atoms with E-state index in [2.05, 4.69) is 15.0 Å². The lowest BCUT2D eigenvalue weighted by Gasteiger charge is -2.00. The van der Waals surface area contributed by atoms with Gasteiger partial charge in [-0.2, -0.15) is 0 Å². The monoisotopic (exact) mass is 457 g/mol. The molecular weight excluding hydrogens is 443 g/mol. The van der Waals surface area contributed by atoms with Crippen molar-refractivity contribution in [3.8, 4) is 16.2 Å². The molecular formula is C20H15N3O2S4. The van der Waals surface area contributed by atoms with E-state index < -0.39 is 0 Å². The average molecular weight is 458 g/mol. The number of fused-ring (bicyclic) bond motifs is 2. The maximum atomic E-state index is 12.7. The second-order valence-electron chi connectivity index (χ2n) is 6.15. The SMILES string of the molecule is CCOc1ccc2nc(SCc3nc4scc(-c5cccs5)c4c(=O)[nH]3)sc2c1. The minimum absolute atomic E-state index is 0.0825. The zero-order chi connectivity index (χ0) is 19.8. The predicted molar refractivity (Wildman–Crippen MR) is 124 cm³/mol. The Morgan fingerprint density at radius 3 is 2.97 bits per heavy atom. The number of aromatic nitrogens is 3. The molecule has 4 aromatic heterocycles. The van der Waals surface area contributed by atoms with Gasteiger partial charge in [-0.25, -0.2) is 9.97 Å². The normalized spacial score (nSPS) is 11.5. The van der Waals surface area contributed by atoms with Crippen LogP contribution in [0.25, 0.3) is 30.9 Å². The molecule has 0 saturated carbocycles. The third kappa shape index (κ3) is 3.71. The molecule has 146 valence electrons. The van der Waals surface area contributed by atoms with Crippen molar-refractivity contribution in [2.45, 2.75) is 17.0 Å². The Balaban J connectivity index is 1.39. The van der Waals surface area contributed by atoms with Crippen molar-refractivity contribution in [3.63, 3.8) is 0 Å². The standard InChI is InChI=1S/C20H15N3O2S4/c1-2-25-11-5-6-13-15(8-11)29-20(21-13)28-10-16-22-18(24)17-12(9-27-19(17)23-16)14-4-3-7-26-14/h3-9H,2,10H2,1H3,(H,22,23,24). The van der Waals surface area contributed by atoms with Gasteiger partial charge < -0.3 is 9.72 Å². The number of aromatic amines is 1. The molecule has 5 nitrogen and oxygen atoms in total. The van der Waals surface area contributed by atoms with E-state index in [0.29, 0.717) is 23.6 Å². The first-order chi connectivity index (χ1) is 14.2. The number of hydrogen-bond donors (Lipinski definition) is 1. The Bertz CT molecular complexity index is 1350. The first-order valence-electron chi connectivity index (χ1n) is 8.91. The molecule has 0 aliphatic rings. The highest BCUT2D eigenvalue weighted by Crippen LogP contribution is 2.35. The smallest absolute Gasteiger partial charge is 0.260 e. The molecule has 29 heavy (non-hydrogen) atoms. The van der Waals surface area contributed by atoms with Gasteiger partial charge in [-0.1, -0.05) is 17.8 Å². The summed E-state index contributed by atoms with van der Waals surface area (Å²) >= 11 is 6.34. The van der Waals surface area contributed by atoms with Gasteiger partial charge in [0, 0.05) is 15.8 Å². The molecule has 0 aliphatic heterocycles. The molecule has 1 aromatic carbocycles. The number of H-pyrrole nitrogens is 1. The Labute approximate surface area is 182 Å². The van der Waals surface area contributed by atoms with Crippen LogP contribution in [0.1, 0.15) is 12.7 Å². The van der Waals surface area contributed by atoms with Crippen molar-refractivity contribution >= 4 is 66.2 Å². The number of rotatable bonds is 6. The number of benzene rings is 1. The van der Waals surface area contributed by atoms with Gasteiger partial charge in [0.25, 0.3) is 5.56 Å². The number of hydrogen-bond acceptors (Lipinski definition) is 8. The Kier molecular flexibility index (Phi) is 5.13.